The predicted molar refractivity (Wildman–Crippen MR) is 86.7 cm³/mol. The van der Waals surface area contributed by atoms with E-state index < -0.39 is 0 Å². The fourth-order valence-electron chi connectivity index (χ4n) is 2.60. The van der Waals surface area contributed by atoms with E-state index in [0.717, 1.165) is 42.2 Å². The number of amides is 2. The molecule has 0 aliphatic carbocycles. The maximum Gasteiger partial charge on any atom is 0.346 e. The lowest BCUT2D eigenvalue weighted by atomic mass is 10.3. The molecule has 22 heavy (non-hydrogen) atoms. The smallest absolute Gasteiger partial charge is 0.346 e. The van der Waals surface area contributed by atoms with Crippen molar-refractivity contribution < 1.29 is 9.53 Å². The van der Waals surface area contributed by atoms with Crippen LogP contribution >= 0.6 is 11.3 Å². The Balaban J connectivity index is 2.04. The summed E-state index contributed by atoms with van der Waals surface area (Å²) >= 11 is 1.51. The molecular formula is C16H19N3O2S. The second-order valence-corrected chi connectivity index (χ2v) is 6.47. The molecule has 2 heterocycles. The van der Waals surface area contributed by atoms with E-state index in [1.165, 1.54) is 11.3 Å². The first-order valence-electron chi connectivity index (χ1n) is 7.35. The average Bonchev–Trinajstić information content (AvgIpc) is 3.17. The molecule has 1 fully saturated rings. The molecule has 1 aliphatic rings. The van der Waals surface area contributed by atoms with E-state index in [1.807, 2.05) is 46.9 Å². The zero-order chi connectivity index (χ0) is 15.5. The Hall–Kier alpha value is -2.08. The Kier molecular flexibility index (Phi) is 4.29. The molecule has 0 unspecified atom stereocenters. The highest BCUT2D eigenvalue weighted by atomic mass is 32.1. The lowest BCUT2D eigenvalue weighted by molar-refractivity contribution is 0.218. The molecule has 5 nitrogen and oxygen atoms in total. The van der Waals surface area contributed by atoms with Crippen molar-refractivity contribution in [3.8, 4) is 11.4 Å². The quantitative estimate of drug-likeness (QED) is 0.855. The van der Waals surface area contributed by atoms with Gasteiger partial charge in [0.2, 0.25) is 0 Å². The van der Waals surface area contributed by atoms with Crippen LogP contribution in [0.5, 0.6) is 5.75 Å². The third kappa shape index (κ3) is 2.92. The SMILES string of the molecule is COc1ccccc1-n1cc(C)s/c1=N\C(=O)N1CCCC1. The van der Waals surface area contributed by atoms with E-state index in [0.29, 0.717) is 4.80 Å². The number of carbonyl (C=O) groups excluding carboxylic acids is 1. The molecule has 2 amide bonds. The van der Waals surface area contributed by atoms with Crippen molar-refractivity contribution in [3.05, 3.63) is 40.1 Å². The number of urea groups is 1. The van der Waals surface area contributed by atoms with Gasteiger partial charge in [0.25, 0.3) is 0 Å². The van der Waals surface area contributed by atoms with Gasteiger partial charge < -0.3 is 9.64 Å². The molecule has 0 spiro atoms. The molecule has 0 atom stereocenters. The van der Waals surface area contributed by atoms with Crippen LogP contribution in [0, 0.1) is 6.92 Å². The molecular weight excluding hydrogens is 298 g/mol. The van der Waals surface area contributed by atoms with Crippen molar-refractivity contribution in [1.29, 1.82) is 0 Å². The number of para-hydroxylation sites is 2. The Morgan fingerprint density at radius 1 is 1.27 bits per heavy atom. The Morgan fingerprint density at radius 3 is 2.73 bits per heavy atom. The maximum absolute atomic E-state index is 12.3. The maximum atomic E-state index is 12.3. The monoisotopic (exact) mass is 317 g/mol. The number of aryl methyl sites for hydroxylation is 1. The molecule has 0 N–H and O–H groups in total. The lowest BCUT2D eigenvalue weighted by Crippen LogP contribution is -2.27. The van der Waals surface area contributed by atoms with Crippen LogP contribution in [0.4, 0.5) is 4.79 Å². The molecule has 1 saturated heterocycles. The minimum absolute atomic E-state index is 0.150. The summed E-state index contributed by atoms with van der Waals surface area (Å²) in [4.78, 5) is 20.2. The molecule has 3 rings (SSSR count). The lowest BCUT2D eigenvalue weighted by Gasteiger charge is -2.11. The fraction of sp³-hybridized carbons (Fsp3) is 0.375. The summed E-state index contributed by atoms with van der Waals surface area (Å²) < 4.78 is 7.34. The fourth-order valence-corrected chi connectivity index (χ4v) is 3.41. The van der Waals surface area contributed by atoms with Gasteiger partial charge in [0, 0.05) is 24.2 Å². The average molecular weight is 317 g/mol. The molecule has 1 aromatic carbocycles. The number of thiazole rings is 1. The van der Waals surface area contributed by atoms with Gasteiger partial charge in [-0.25, -0.2) is 4.79 Å². The predicted octanol–water partition coefficient (Wildman–Crippen LogP) is 2.97. The van der Waals surface area contributed by atoms with Crippen molar-refractivity contribution in [3.63, 3.8) is 0 Å². The molecule has 1 aromatic heterocycles. The summed E-state index contributed by atoms with van der Waals surface area (Å²) in [6, 6.07) is 7.59. The van der Waals surface area contributed by atoms with Gasteiger partial charge in [-0.15, -0.1) is 11.3 Å². The van der Waals surface area contributed by atoms with Crippen molar-refractivity contribution in [2.24, 2.45) is 4.99 Å². The van der Waals surface area contributed by atoms with Gasteiger partial charge in [0.1, 0.15) is 5.75 Å². The van der Waals surface area contributed by atoms with Crippen LogP contribution in [0.25, 0.3) is 5.69 Å². The van der Waals surface area contributed by atoms with Gasteiger partial charge >= 0.3 is 6.03 Å². The number of methoxy groups -OCH3 is 1. The topological polar surface area (TPSA) is 46.8 Å². The van der Waals surface area contributed by atoms with Gasteiger partial charge in [0.15, 0.2) is 4.80 Å². The zero-order valence-corrected chi connectivity index (χ0v) is 13.6. The number of rotatable bonds is 2. The van der Waals surface area contributed by atoms with E-state index in [9.17, 15) is 4.79 Å². The van der Waals surface area contributed by atoms with E-state index in [4.69, 9.17) is 4.74 Å². The van der Waals surface area contributed by atoms with Gasteiger partial charge in [-0.3, -0.25) is 4.57 Å². The van der Waals surface area contributed by atoms with Crippen LogP contribution in [0.15, 0.2) is 35.5 Å². The summed E-state index contributed by atoms with van der Waals surface area (Å²) in [6.07, 6.45) is 4.12. The summed E-state index contributed by atoms with van der Waals surface area (Å²) in [5.74, 6) is 0.760. The molecule has 0 bridgehead atoms. The first kappa shape index (κ1) is 14.8. The Bertz CT molecular complexity index is 742. The van der Waals surface area contributed by atoms with Crippen LogP contribution < -0.4 is 9.54 Å². The number of hydrogen-bond donors (Lipinski definition) is 0. The first-order valence-corrected chi connectivity index (χ1v) is 8.17. The van der Waals surface area contributed by atoms with Gasteiger partial charge in [-0.05, 0) is 31.9 Å². The molecule has 6 heteroatoms. The third-order valence-electron chi connectivity index (χ3n) is 3.68. The van der Waals surface area contributed by atoms with Crippen LogP contribution in [0.2, 0.25) is 0 Å². The summed E-state index contributed by atoms with van der Waals surface area (Å²) in [6.45, 7) is 3.62. The highest BCUT2D eigenvalue weighted by Crippen LogP contribution is 2.22. The van der Waals surface area contributed by atoms with Crippen molar-refractivity contribution in [2.75, 3.05) is 20.2 Å². The van der Waals surface area contributed by atoms with Crippen molar-refractivity contribution in [1.82, 2.24) is 9.47 Å². The molecule has 116 valence electrons. The third-order valence-corrected chi connectivity index (χ3v) is 4.58. The summed E-state index contributed by atoms with van der Waals surface area (Å²) in [5, 5.41) is 0. The number of hydrogen-bond acceptors (Lipinski definition) is 3. The van der Waals surface area contributed by atoms with Crippen LogP contribution in [0.1, 0.15) is 17.7 Å². The normalized spacial score (nSPS) is 15.4. The van der Waals surface area contributed by atoms with Gasteiger partial charge in [-0.2, -0.15) is 4.99 Å². The summed E-state index contributed by atoms with van der Waals surface area (Å²) in [7, 11) is 1.64. The van der Waals surface area contributed by atoms with E-state index >= 15 is 0 Å². The molecule has 0 saturated carbocycles. The minimum Gasteiger partial charge on any atom is -0.495 e. The number of carbonyl (C=O) groups is 1. The summed E-state index contributed by atoms with van der Waals surface area (Å²) in [5.41, 5.74) is 0.891. The minimum atomic E-state index is -0.150. The van der Waals surface area contributed by atoms with Crippen LogP contribution in [0.3, 0.4) is 0 Å². The standard InChI is InChI=1S/C16H19N3O2S/c1-12-11-19(13-7-3-4-8-14(13)21-2)16(22-12)17-15(20)18-9-5-6-10-18/h3-4,7-8,11H,5-6,9-10H2,1-2H3/b17-16-. The largest absolute Gasteiger partial charge is 0.495 e. The second-order valence-electron chi connectivity index (χ2n) is 5.25. The van der Waals surface area contributed by atoms with Crippen LogP contribution in [-0.4, -0.2) is 35.7 Å². The molecule has 2 aromatic rings. The molecule has 1 aliphatic heterocycles. The van der Waals surface area contributed by atoms with E-state index in [1.54, 1.807) is 7.11 Å². The van der Waals surface area contributed by atoms with E-state index in [-0.39, 0.29) is 6.03 Å². The Morgan fingerprint density at radius 2 is 2.00 bits per heavy atom. The van der Waals surface area contributed by atoms with Crippen molar-refractivity contribution >= 4 is 17.4 Å². The number of nitrogens with zero attached hydrogens (tertiary/aromatic N) is 3. The number of likely N-dealkylation sites (tertiary alicyclic amines) is 1. The van der Waals surface area contributed by atoms with Gasteiger partial charge in [0.05, 0.1) is 12.8 Å². The van der Waals surface area contributed by atoms with E-state index in [2.05, 4.69) is 4.99 Å². The number of aromatic nitrogens is 1. The Labute approximate surface area is 133 Å². The zero-order valence-electron chi connectivity index (χ0n) is 12.8. The van der Waals surface area contributed by atoms with Crippen LogP contribution in [-0.2, 0) is 0 Å². The number of ether oxygens (including phenoxy) is 1. The second kappa shape index (κ2) is 6.36. The van der Waals surface area contributed by atoms with Gasteiger partial charge in [-0.1, -0.05) is 12.1 Å². The van der Waals surface area contributed by atoms with Crippen molar-refractivity contribution in [2.45, 2.75) is 19.8 Å². The highest BCUT2D eigenvalue weighted by Gasteiger charge is 2.17. The first-order chi connectivity index (χ1) is 10.7. The highest BCUT2D eigenvalue weighted by molar-refractivity contribution is 7.09. The molecule has 0 radical (unpaired) electrons. The number of benzene rings is 1.